The van der Waals surface area contributed by atoms with Crippen LogP contribution in [-0.2, 0) is 14.8 Å². The molecule has 0 heterocycles. The highest BCUT2D eigenvalue weighted by molar-refractivity contribution is 7.92. The van der Waals surface area contributed by atoms with Crippen molar-refractivity contribution in [3.63, 3.8) is 0 Å². The van der Waals surface area contributed by atoms with Gasteiger partial charge < -0.3 is 5.32 Å². The van der Waals surface area contributed by atoms with Gasteiger partial charge in [0.1, 0.15) is 6.54 Å². The van der Waals surface area contributed by atoms with Crippen molar-refractivity contribution < 1.29 is 13.2 Å². The van der Waals surface area contributed by atoms with E-state index in [-0.39, 0.29) is 6.54 Å². The normalized spacial score (nSPS) is 11.3. The zero-order valence-electron chi connectivity index (χ0n) is 14.0. The molecule has 0 saturated carbocycles. The number of nitrogens with one attached hydrogen (secondary N) is 1. The number of hydrogen-bond donors (Lipinski definition) is 1. The lowest BCUT2D eigenvalue weighted by Gasteiger charge is -2.22. The minimum atomic E-state index is -3.63. The fourth-order valence-corrected chi connectivity index (χ4v) is 3.64. The first kappa shape index (κ1) is 18.2. The van der Waals surface area contributed by atoms with Crippen molar-refractivity contribution in [3.05, 3.63) is 71.8 Å². The number of anilines is 2. The summed E-state index contributed by atoms with van der Waals surface area (Å²) in [5.74, 6) is -0.429. The molecule has 0 radical (unpaired) electrons. The van der Waals surface area contributed by atoms with Crippen molar-refractivity contribution >= 4 is 49.7 Å². The monoisotopic (exact) mass is 388 g/mol. The lowest BCUT2D eigenvalue weighted by atomic mass is 10.1. The first-order chi connectivity index (χ1) is 12.3. The second kappa shape index (κ2) is 7.35. The molecule has 0 bridgehead atoms. The molecule has 7 heteroatoms. The fraction of sp³-hybridized carbons (Fsp3) is 0.105. The van der Waals surface area contributed by atoms with Gasteiger partial charge in [-0.3, -0.25) is 9.10 Å². The maximum Gasteiger partial charge on any atom is 0.245 e. The minimum absolute atomic E-state index is 0.330. The van der Waals surface area contributed by atoms with Gasteiger partial charge in [0.15, 0.2) is 0 Å². The molecule has 0 aliphatic carbocycles. The van der Waals surface area contributed by atoms with E-state index in [1.807, 2.05) is 36.4 Å². The Morgan fingerprint density at radius 2 is 1.65 bits per heavy atom. The molecule has 0 aromatic heterocycles. The van der Waals surface area contributed by atoms with E-state index in [4.69, 9.17) is 11.6 Å². The van der Waals surface area contributed by atoms with Crippen LogP contribution in [0.3, 0.4) is 0 Å². The van der Waals surface area contributed by atoms with Crippen molar-refractivity contribution in [2.45, 2.75) is 0 Å². The number of fused-ring (bicyclic) bond motifs is 1. The molecule has 0 saturated heterocycles. The number of halogens is 1. The molecule has 5 nitrogen and oxygen atoms in total. The Hall–Kier alpha value is -2.57. The minimum Gasteiger partial charge on any atom is -0.324 e. The maximum atomic E-state index is 12.5. The Morgan fingerprint density at radius 1 is 1.00 bits per heavy atom. The maximum absolute atomic E-state index is 12.5. The number of sulfonamides is 1. The second-order valence-corrected chi connectivity index (χ2v) is 8.16. The van der Waals surface area contributed by atoms with E-state index >= 15 is 0 Å². The highest BCUT2D eigenvalue weighted by Crippen LogP contribution is 2.24. The van der Waals surface area contributed by atoms with E-state index in [0.29, 0.717) is 16.4 Å². The van der Waals surface area contributed by atoms with E-state index in [0.717, 1.165) is 21.3 Å². The van der Waals surface area contributed by atoms with Crippen LogP contribution in [0.2, 0.25) is 5.02 Å². The molecule has 0 fully saturated rings. The first-order valence-corrected chi connectivity index (χ1v) is 10.1. The number of amides is 1. The van der Waals surface area contributed by atoms with Crippen LogP contribution < -0.4 is 9.62 Å². The van der Waals surface area contributed by atoms with Gasteiger partial charge in [-0.15, -0.1) is 0 Å². The molecule has 0 atom stereocenters. The van der Waals surface area contributed by atoms with Crippen molar-refractivity contribution in [1.82, 2.24) is 0 Å². The predicted molar refractivity (Wildman–Crippen MR) is 106 cm³/mol. The topological polar surface area (TPSA) is 66.5 Å². The molecule has 1 N–H and O–H groups in total. The van der Waals surface area contributed by atoms with Gasteiger partial charge in [-0.2, -0.15) is 0 Å². The number of hydrogen-bond acceptors (Lipinski definition) is 3. The zero-order chi connectivity index (χ0) is 18.7. The summed E-state index contributed by atoms with van der Waals surface area (Å²) >= 11 is 5.85. The van der Waals surface area contributed by atoms with Crippen LogP contribution in [0.15, 0.2) is 66.7 Å². The molecule has 0 aliphatic rings. The predicted octanol–water partition coefficient (Wildman–Crippen LogP) is 3.90. The Kier molecular flexibility index (Phi) is 5.15. The summed E-state index contributed by atoms with van der Waals surface area (Å²) in [6, 6.07) is 19.5. The number of benzene rings is 3. The lowest BCUT2D eigenvalue weighted by molar-refractivity contribution is -0.114. The van der Waals surface area contributed by atoms with Crippen LogP contribution in [0, 0.1) is 0 Å². The third-order valence-corrected chi connectivity index (χ3v) is 5.26. The van der Waals surface area contributed by atoms with Gasteiger partial charge in [0.25, 0.3) is 0 Å². The molecule has 0 unspecified atom stereocenters. The highest BCUT2D eigenvalue weighted by atomic mass is 35.5. The van der Waals surface area contributed by atoms with Crippen molar-refractivity contribution in [2.75, 3.05) is 22.4 Å². The molecule has 3 aromatic rings. The van der Waals surface area contributed by atoms with E-state index < -0.39 is 15.9 Å². The molecule has 3 aromatic carbocycles. The molecule has 134 valence electrons. The van der Waals surface area contributed by atoms with Crippen LogP contribution in [-0.4, -0.2) is 27.1 Å². The van der Waals surface area contributed by atoms with Crippen LogP contribution in [0.4, 0.5) is 11.4 Å². The third kappa shape index (κ3) is 4.15. The third-order valence-electron chi connectivity index (χ3n) is 3.87. The molecule has 3 rings (SSSR count). The fourth-order valence-electron chi connectivity index (χ4n) is 2.66. The summed E-state index contributed by atoms with van der Waals surface area (Å²) < 4.78 is 25.3. The van der Waals surface area contributed by atoms with Gasteiger partial charge in [-0.25, -0.2) is 8.42 Å². The SMILES string of the molecule is CS(=O)(=O)N(CC(=O)Nc1cccc2ccccc12)c1ccc(Cl)cc1. The second-order valence-electron chi connectivity index (χ2n) is 5.82. The molecule has 26 heavy (non-hydrogen) atoms. The van der Waals surface area contributed by atoms with Gasteiger partial charge in [0.05, 0.1) is 11.9 Å². The smallest absolute Gasteiger partial charge is 0.245 e. The zero-order valence-corrected chi connectivity index (χ0v) is 15.6. The summed E-state index contributed by atoms with van der Waals surface area (Å²) in [6.07, 6.45) is 1.06. The molecular weight excluding hydrogens is 372 g/mol. The Bertz CT molecular complexity index is 1040. The number of carbonyl (C=O) groups excluding carboxylic acids is 1. The number of rotatable bonds is 5. The van der Waals surface area contributed by atoms with Crippen LogP contribution >= 0.6 is 11.6 Å². The first-order valence-electron chi connectivity index (χ1n) is 7.85. The van der Waals surface area contributed by atoms with Crippen molar-refractivity contribution in [1.29, 1.82) is 0 Å². The van der Waals surface area contributed by atoms with Gasteiger partial charge in [-0.1, -0.05) is 48.0 Å². The lowest BCUT2D eigenvalue weighted by Crippen LogP contribution is -2.37. The van der Waals surface area contributed by atoms with Crippen molar-refractivity contribution in [3.8, 4) is 0 Å². The average molecular weight is 389 g/mol. The van der Waals surface area contributed by atoms with Crippen molar-refractivity contribution in [2.24, 2.45) is 0 Å². The Morgan fingerprint density at radius 3 is 2.35 bits per heavy atom. The van der Waals surface area contributed by atoms with Crippen LogP contribution in [0.25, 0.3) is 10.8 Å². The van der Waals surface area contributed by atoms with Gasteiger partial charge in [-0.05, 0) is 35.7 Å². The van der Waals surface area contributed by atoms with Crippen LogP contribution in [0.5, 0.6) is 0 Å². The Balaban J connectivity index is 1.85. The summed E-state index contributed by atoms with van der Waals surface area (Å²) in [5, 5.41) is 5.16. The van der Waals surface area contributed by atoms with E-state index in [1.165, 1.54) is 0 Å². The quantitative estimate of drug-likeness (QED) is 0.720. The summed E-state index contributed by atoms with van der Waals surface area (Å²) in [6.45, 7) is -0.330. The van der Waals surface area contributed by atoms with E-state index in [1.54, 1.807) is 30.3 Å². The highest BCUT2D eigenvalue weighted by Gasteiger charge is 2.21. The van der Waals surface area contributed by atoms with E-state index in [2.05, 4.69) is 5.32 Å². The van der Waals surface area contributed by atoms with Gasteiger partial charge >= 0.3 is 0 Å². The van der Waals surface area contributed by atoms with Crippen LogP contribution in [0.1, 0.15) is 0 Å². The summed E-state index contributed by atoms with van der Waals surface area (Å²) in [5.41, 5.74) is 1.02. The largest absolute Gasteiger partial charge is 0.324 e. The number of carbonyl (C=O) groups is 1. The van der Waals surface area contributed by atoms with Gasteiger partial charge in [0.2, 0.25) is 15.9 Å². The van der Waals surface area contributed by atoms with Gasteiger partial charge in [0, 0.05) is 16.1 Å². The summed E-state index contributed by atoms with van der Waals surface area (Å²) in [7, 11) is -3.63. The standard InChI is InChI=1S/C19H17ClN2O3S/c1-26(24,25)22(16-11-9-15(20)10-12-16)13-19(23)21-18-8-4-6-14-5-2-3-7-17(14)18/h2-12H,13H2,1H3,(H,21,23). The molecule has 0 spiro atoms. The molecular formula is C19H17ClN2O3S. The van der Waals surface area contributed by atoms with E-state index in [9.17, 15) is 13.2 Å². The molecule has 1 amide bonds. The average Bonchev–Trinajstić information content (AvgIpc) is 2.60. The summed E-state index contributed by atoms with van der Waals surface area (Å²) in [4.78, 5) is 12.5. The number of nitrogens with zero attached hydrogens (tertiary/aromatic N) is 1. The molecule has 0 aliphatic heterocycles. The Labute approximate surface area is 157 Å².